The molecule has 0 unspecified atom stereocenters. The predicted octanol–water partition coefficient (Wildman–Crippen LogP) is 3.05. The van der Waals surface area contributed by atoms with Crippen molar-refractivity contribution >= 4 is 17.2 Å². The first kappa shape index (κ1) is 14.7. The lowest BCUT2D eigenvalue weighted by Crippen LogP contribution is -2.25. The van der Waals surface area contributed by atoms with Gasteiger partial charge in [-0.2, -0.15) is 0 Å². The van der Waals surface area contributed by atoms with Crippen LogP contribution in [-0.4, -0.2) is 17.4 Å². The molecule has 0 bridgehead atoms. The molecule has 1 aromatic heterocycles. The molecule has 0 saturated carbocycles. The van der Waals surface area contributed by atoms with Crippen molar-refractivity contribution in [3.63, 3.8) is 0 Å². The third-order valence-corrected chi connectivity index (χ3v) is 4.40. The number of hydrogen-bond acceptors (Lipinski definition) is 3. The zero-order valence-corrected chi connectivity index (χ0v) is 12.8. The summed E-state index contributed by atoms with van der Waals surface area (Å²) in [6, 6.07) is 8.21. The highest BCUT2D eigenvalue weighted by Crippen LogP contribution is 2.12. The van der Waals surface area contributed by atoms with Crippen molar-refractivity contribution in [1.82, 2.24) is 10.3 Å². The molecule has 3 nitrogen and oxygen atoms in total. The molecular weight excluding hydrogens is 268 g/mol. The molecule has 0 aliphatic carbocycles. The number of rotatable bonds is 6. The lowest BCUT2D eigenvalue weighted by Gasteiger charge is -2.06. The standard InChI is InChI=1S/C16H20N2OS/c1-12-5-3-4-6-14(12)7-8-16(19)17-10-9-15-13(2)18-11-20-15/h3-6,11H,7-10H2,1-2H3,(H,17,19). The maximum atomic E-state index is 11.8. The Morgan fingerprint density at radius 2 is 2.05 bits per heavy atom. The molecule has 1 amide bonds. The van der Waals surface area contributed by atoms with Crippen LogP contribution in [0.4, 0.5) is 0 Å². The number of carbonyl (C=O) groups is 1. The molecule has 0 fully saturated rings. The molecule has 0 aliphatic rings. The number of aromatic nitrogens is 1. The Morgan fingerprint density at radius 1 is 1.25 bits per heavy atom. The quantitative estimate of drug-likeness (QED) is 0.887. The Hall–Kier alpha value is -1.68. The minimum atomic E-state index is 0.121. The molecule has 1 aromatic carbocycles. The molecule has 2 rings (SSSR count). The van der Waals surface area contributed by atoms with Crippen LogP contribution in [0.3, 0.4) is 0 Å². The fourth-order valence-electron chi connectivity index (χ4n) is 2.11. The van der Waals surface area contributed by atoms with Crippen molar-refractivity contribution in [3.05, 3.63) is 51.5 Å². The summed E-state index contributed by atoms with van der Waals surface area (Å²) < 4.78 is 0. The summed E-state index contributed by atoms with van der Waals surface area (Å²) in [7, 11) is 0. The van der Waals surface area contributed by atoms with Crippen molar-refractivity contribution in [2.75, 3.05) is 6.54 Å². The molecule has 0 atom stereocenters. The first-order valence-corrected chi connectivity index (χ1v) is 7.75. The average molecular weight is 288 g/mol. The number of aryl methyl sites for hydroxylation is 3. The van der Waals surface area contributed by atoms with E-state index in [1.165, 1.54) is 16.0 Å². The van der Waals surface area contributed by atoms with E-state index in [1.807, 2.05) is 24.6 Å². The fraction of sp³-hybridized carbons (Fsp3) is 0.375. The topological polar surface area (TPSA) is 42.0 Å². The molecule has 1 heterocycles. The van der Waals surface area contributed by atoms with Gasteiger partial charge in [0, 0.05) is 24.3 Å². The zero-order chi connectivity index (χ0) is 14.4. The summed E-state index contributed by atoms with van der Waals surface area (Å²) in [4.78, 5) is 17.3. The molecular formula is C16H20N2OS. The van der Waals surface area contributed by atoms with Gasteiger partial charge in [-0.05, 0) is 31.4 Å². The van der Waals surface area contributed by atoms with Gasteiger partial charge in [-0.1, -0.05) is 24.3 Å². The van der Waals surface area contributed by atoms with E-state index < -0.39 is 0 Å². The van der Waals surface area contributed by atoms with Crippen molar-refractivity contribution in [1.29, 1.82) is 0 Å². The van der Waals surface area contributed by atoms with Gasteiger partial charge < -0.3 is 5.32 Å². The van der Waals surface area contributed by atoms with Crippen LogP contribution in [0.2, 0.25) is 0 Å². The Bertz CT molecular complexity index is 577. The second-order valence-corrected chi connectivity index (χ2v) is 5.83. The van der Waals surface area contributed by atoms with Crippen molar-refractivity contribution in [2.24, 2.45) is 0 Å². The van der Waals surface area contributed by atoms with Crippen LogP contribution >= 0.6 is 11.3 Å². The van der Waals surface area contributed by atoms with Crippen molar-refractivity contribution in [2.45, 2.75) is 33.1 Å². The smallest absolute Gasteiger partial charge is 0.220 e. The van der Waals surface area contributed by atoms with Gasteiger partial charge >= 0.3 is 0 Å². The third-order valence-electron chi connectivity index (χ3n) is 3.40. The van der Waals surface area contributed by atoms with Gasteiger partial charge in [-0.25, -0.2) is 4.98 Å². The van der Waals surface area contributed by atoms with Crippen LogP contribution in [0.5, 0.6) is 0 Å². The monoisotopic (exact) mass is 288 g/mol. The van der Waals surface area contributed by atoms with Gasteiger partial charge in [0.15, 0.2) is 0 Å². The van der Waals surface area contributed by atoms with E-state index in [0.29, 0.717) is 13.0 Å². The van der Waals surface area contributed by atoms with Crippen molar-refractivity contribution < 1.29 is 4.79 Å². The molecule has 106 valence electrons. The van der Waals surface area contributed by atoms with E-state index in [1.54, 1.807) is 11.3 Å². The Labute approximate surface area is 124 Å². The van der Waals surface area contributed by atoms with E-state index in [9.17, 15) is 4.79 Å². The van der Waals surface area contributed by atoms with E-state index in [4.69, 9.17) is 0 Å². The average Bonchev–Trinajstić information content (AvgIpc) is 2.84. The predicted molar refractivity (Wildman–Crippen MR) is 83.1 cm³/mol. The lowest BCUT2D eigenvalue weighted by molar-refractivity contribution is -0.121. The lowest BCUT2D eigenvalue weighted by atomic mass is 10.0. The second-order valence-electron chi connectivity index (χ2n) is 4.89. The first-order valence-electron chi connectivity index (χ1n) is 6.87. The first-order chi connectivity index (χ1) is 9.66. The van der Waals surface area contributed by atoms with E-state index in [0.717, 1.165) is 18.5 Å². The SMILES string of the molecule is Cc1ccccc1CCC(=O)NCCc1scnc1C. The van der Waals surface area contributed by atoms with Crippen LogP contribution in [0.1, 0.15) is 28.1 Å². The van der Waals surface area contributed by atoms with Gasteiger partial charge in [0.25, 0.3) is 0 Å². The van der Waals surface area contributed by atoms with Gasteiger partial charge in [-0.3, -0.25) is 4.79 Å². The summed E-state index contributed by atoms with van der Waals surface area (Å²) >= 11 is 1.65. The fourth-order valence-corrected chi connectivity index (χ4v) is 2.89. The zero-order valence-electron chi connectivity index (χ0n) is 12.0. The molecule has 4 heteroatoms. The summed E-state index contributed by atoms with van der Waals surface area (Å²) in [5, 5.41) is 2.98. The molecule has 0 spiro atoms. The number of nitrogens with one attached hydrogen (secondary N) is 1. The van der Waals surface area contributed by atoms with E-state index in [2.05, 4.69) is 29.4 Å². The number of hydrogen-bond donors (Lipinski definition) is 1. The Kier molecular flexibility index (Phi) is 5.30. The molecule has 2 aromatic rings. The van der Waals surface area contributed by atoms with E-state index in [-0.39, 0.29) is 5.91 Å². The summed E-state index contributed by atoms with van der Waals surface area (Å²) in [6.07, 6.45) is 2.22. The Balaban J connectivity index is 1.71. The Morgan fingerprint density at radius 3 is 2.75 bits per heavy atom. The highest BCUT2D eigenvalue weighted by molar-refractivity contribution is 7.09. The van der Waals surface area contributed by atoms with Crippen molar-refractivity contribution in [3.8, 4) is 0 Å². The molecule has 1 N–H and O–H groups in total. The third kappa shape index (κ3) is 4.17. The van der Waals surface area contributed by atoms with Crippen LogP contribution in [0.15, 0.2) is 29.8 Å². The van der Waals surface area contributed by atoms with E-state index >= 15 is 0 Å². The maximum absolute atomic E-state index is 11.8. The largest absolute Gasteiger partial charge is 0.356 e. The number of thiazole rings is 1. The number of benzene rings is 1. The van der Waals surface area contributed by atoms with Gasteiger partial charge in [0.1, 0.15) is 0 Å². The van der Waals surface area contributed by atoms with Crippen LogP contribution in [0, 0.1) is 13.8 Å². The van der Waals surface area contributed by atoms with Crippen LogP contribution in [0.25, 0.3) is 0 Å². The van der Waals surface area contributed by atoms with Crippen LogP contribution in [-0.2, 0) is 17.6 Å². The molecule has 0 saturated heterocycles. The summed E-state index contributed by atoms with van der Waals surface area (Å²) in [5.41, 5.74) is 5.43. The minimum Gasteiger partial charge on any atom is -0.356 e. The normalized spacial score (nSPS) is 10.5. The van der Waals surface area contributed by atoms with Crippen LogP contribution < -0.4 is 5.32 Å². The second kappa shape index (κ2) is 7.20. The molecule has 0 radical (unpaired) electrons. The number of carbonyl (C=O) groups excluding carboxylic acids is 1. The molecule has 0 aliphatic heterocycles. The highest BCUT2D eigenvalue weighted by atomic mass is 32.1. The van der Waals surface area contributed by atoms with Gasteiger partial charge in [-0.15, -0.1) is 11.3 Å². The van der Waals surface area contributed by atoms with Gasteiger partial charge in [0.2, 0.25) is 5.91 Å². The molecule has 20 heavy (non-hydrogen) atoms. The summed E-state index contributed by atoms with van der Waals surface area (Å²) in [6.45, 7) is 4.78. The number of amides is 1. The number of nitrogens with zero attached hydrogens (tertiary/aromatic N) is 1. The minimum absolute atomic E-state index is 0.121. The highest BCUT2D eigenvalue weighted by Gasteiger charge is 2.05. The maximum Gasteiger partial charge on any atom is 0.220 e. The summed E-state index contributed by atoms with van der Waals surface area (Å²) in [5.74, 6) is 0.121. The van der Waals surface area contributed by atoms with Gasteiger partial charge in [0.05, 0.1) is 11.2 Å².